The molecule has 92 valence electrons. The van der Waals surface area contributed by atoms with Gasteiger partial charge in [-0.2, -0.15) is 11.8 Å². The highest BCUT2D eigenvalue weighted by atomic mass is 35.5. The summed E-state index contributed by atoms with van der Waals surface area (Å²) in [5.41, 5.74) is 5.27. The summed E-state index contributed by atoms with van der Waals surface area (Å²) in [5.74, 6) is 8.41. The van der Waals surface area contributed by atoms with E-state index in [9.17, 15) is 0 Å². The fourth-order valence-electron chi connectivity index (χ4n) is 1.83. The van der Waals surface area contributed by atoms with Crippen LogP contribution in [0.3, 0.4) is 0 Å². The molecule has 0 spiro atoms. The molecule has 3 heterocycles. The van der Waals surface area contributed by atoms with Crippen LogP contribution in [0.25, 0.3) is 11.5 Å². The largest absolute Gasteiger partial charge is 0.308 e. The molecule has 0 saturated heterocycles. The van der Waals surface area contributed by atoms with E-state index in [4.69, 9.17) is 17.4 Å². The van der Waals surface area contributed by atoms with Crippen molar-refractivity contribution < 1.29 is 0 Å². The summed E-state index contributed by atoms with van der Waals surface area (Å²) < 4.78 is 0. The van der Waals surface area contributed by atoms with Gasteiger partial charge in [0, 0.05) is 23.3 Å². The van der Waals surface area contributed by atoms with Gasteiger partial charge in [0.15, 0.2) is 5.82 Å². The normalized spacial score (nSPS) is 13.4. The smallest absolute Gasteiger partial charge is 0.182 e. The Hall–Kier alpha value is -1.37. The lowest BCUT2D eigenvalue weighted by Crippen LogP contribution is -2.13. The maximum Gasteiger partial charge on any atom is 0.182 e. The maximum atomic E-state index is 6.11. The SMILES string of the molecule is NNc1nc(-c2ncccc2Cl)nc2c1CSC2. The molecule has 0 saturated carbocycles. The van der Waals surface area contributed by atoms with Crippen LogP contribution in [0.1, 0.15) is 11.3 Å². The molecule has 0 unspecified atom stereocenters. The third-order valence-electron chi connectivity index (χ3n) is 2.68. The van der Waals surface area contributed by atoms with Crippen molar-refractivity contribution in [1.82, 2.24) is 15.0 Å². The average molecular weight is 280 g/mol. The van der Waals surface area contributed by atoms with Gasteiger partial charge in [0.2, 0.25) is 0 Å². The second-order valence-electron chi connectivity index (χ2n) is 3.79. The van der Waals surface area contributed by atoms with Gasteiger partial charge < -0.3 is 5.43 Å². The van der Waals surface area contributed by atoms with Gasteiger partial charge in [0.05, 0.1) is 10.7 Å². The Morgan fingerprint density at radius 1 is 1.33 bits per heavy atom. The van der Waals surface area contributed by atoms with Crippen LogP contribution in [0.4, 0.5) is 5.82 Å². The predicted molar refractivity (Wildman–Crippen MR) is 73.1 cm³/mol. The summed E-state index contributed by atoms with van der Waals surface area (Å²) in [7, 11) is 0. The Balaban J connectivity index is 2.17. The Labute approximate surface area is 113 Å². The molecule has 0 fully saturated rings. The molecule has 3 rings (SSSR count). The van der Waals surface area contributed by atoms with Crippen LogP contribution in [-0.4, -0.2) is 15.0 Å². The molecule has 1 aliphatic rings. The first kappa shape index (κ1) is 11.7. The summed E-state index contributed by atoms with van der Waals surface area (Å²) in [6.45, 7) is 0. The molecular formula is C11H10ClN5S. The number of hydrazine groups is 1. The molecule has 0 bridgehead atoms. The van der Waals surface area contributed by atoms with Gasteiger partial charge in [0.25, 0.3) is 0 Å². The number of nitrogens with two attached hydrogens (primary N) is 1. The average Bonchev–Trinajstić information content (AvgIpc) is 2.86. The van der Waals surface area contributed by atoms with Crippen LogP contribution in [0.15, 0.2) is 18.3 Å². The lowest BCUT2D eigenvalue weighted by molar-refractivity contribution is 1.05. The highest BCUT2D eigenvalue weighted by molar-refractivity contribution is 7.98. The molecule has 2 aromatic rings. The number of halogens is 1. The molecule has 0 aromatic carbocycles. The lowest BCUT2D eigenvalue weighted by Gasteiger charge is -2.09. The quantitative estimate of drug-likeness (QED) is 0.648. The molecule has 5 nitrogen and oxygen atoms in total. The number of nitrogens with one attached hydrogen (secondary N) is 1. The van der Waals surface area contributed by atoms with Crippen LogP contribution >= 0.6 is 23.4 Å². The van der Waals surface area contributed by atoms with Crippen molar-refractivity contribution >= 4 is 29.2 Å². The highest BCUT2D eigenvalue weighted by Crippen LogP contribution is 2.34. The Morgan fingerprint density at radius 3 is 3.00 bits per heavy atom. The van der Waals surface area contributed by atoms with Crippen LogP contribution < -0.4 is 11.3 Å². The van der Waals surface area contributed by atoms with Crippen LogP contribution in [-0.2, 0) is 11.5 Å². The van der Waals surface area contributed by atoms with Crippen molar-refractivity contribution in [3.63, 3.8) is 0 Å². The summed E-state index contributed by atoms with van der Waals surface area (Å²) in [6.07, 6.45) is 1.67. The fraction of sp³-hybridized carbons (Fsp3) is 0.182. The first-order valence-electron chi connectivity index (χ1n) is 5.34. The van der Waals surface area contributed by atoms with Crippen molar-refractivity contribution in [3.05, 3.63) is 34.6 Å². The Morgan fingerprint density at radius 2 is 2.22 bits per heavy atom. The van der Waals surface area contributed by atoms with Crippen LogP contribution in [0, 0.1) is 0 Å². The van der Waals surface area contributed by atoms with E-state index in [1.807, 2.05) is 0 Å². The number of hydrogen-bond donors (Lipinski definition) is 2. The second-order valence-corrected chi connectivity index (χ2v) is 5.18. The summed E-state index contributed by atoms with van der Waals surface area (Å²) in [6, 6.07) is 3.54. The van der Waals surface area contributed by atoms with Gasteiger partial charge in [-0.15, -0.1) is 0 Å². The van der Waals surface area contributed by atoms with Gasteiger partial charge in [-0.05, 0) is 12.1 Å². The van der Waals surface area contributed by atoms with Crippen molar-refractivity contribution in [3.8, 4) is 11.5 Å². The highest BCUT2D eigenvalue weighted by Gasteiger charge is 2.21. The number of aromatic nitrogens is 3. The molecule has 0 atom stereocenters. The van der Waals surface area contributed by atoms with Crippen molar-refractivity contribution in [2.45, 2.75) is 11.5 Å². The topological polar surface area (TPSA) is 76.7 Å². The number of anilines is 1. The van der Waals surface area contributed by atoms with E-state index in [1.54, 1.807) is 30.1 Å². The lowest BCUT2D eigenvalue weighted by atomic mass is 10.2. The van der Waals surface area contributed by atoms with Crippen molar-refractivity contribution in [1.29, 1.82) is 0 Å². The van der Waals surface area contributed by atoms with Gasteiger partial charge in [-0.1, -0.05) is 11.6 Å². The number of fused-ring (bicyclic) bond motifs is 1. The maximum absolute atomic E-state index is 6.11. The van der Waals surface area contributed by atoms with Crippen LogP contribution in [0.2, 0.25) is 5.02 Å². The van der Waals surface area contributed by atoms with E-state index in [0.29, 0.717) is 22.4 Å². The molecule has 1 aliphatic heterocycles. The zero-order valence-corrected chi connectivity index (χ0v) is 10.9. The van der Waals surface area contributed by atoms with E-state index in [1.165, 1.54) is 0 Å². The standard InChI is InChI=1S/C11H10ClN5S/c12-7-2-1-3-14-9(7)11-15-8-5-18-4-6(8)10(16-11)17-13/h1-3H,4-5,13H2,(H,15,16,17). The van der Waals surface area contributed by atoms with E-state index in [0.717, 1.165) is 22.8 Å². The zero-order chi connectivity index (χ0) is 12.5. The number of pyridine rings is 1. The minimum Gasteiger partial charge on any atom is -0.308 e. The van der Waals surface area contributed by atoms with E-state index < -0.39 is 0 Å². The van der Waals surface area contributed by atoms with Gasteiger partial charge in [0.1, 0.15) is 11.5 Å². The fourth-order valence-corrected chi connectivity index (χ4v) is 3.07. The Bertz CT molecular complexity index is 604. The third kappa shape index (κ3) is 1.92. The van der Waals surface area contributed by atoms with E-state index >= 15 is 0 Å². The van der Waals surface area contributed by atoms with E-state index in [2.05, 4.69) is 20.4 Å². The molecule has 0 amide bonds. The van der Waals surface area contributed by atoms with E-state index in [-0.39, 0.29) is 0 Å². The van der Waals surface area contributed by atoms with Crippen molar-refractivity contribution in [2.24, 2.45) is 5.84 Å². The van der Waals surface area contributed by atoms with Gasteiger partial charge in [-0.3, -0.25) is 4.98 Å². The number of nitrogen functional groups attached to an aromatic ring is 1. The minimum atomic E-state index is 0.509. The van der Waals surface area contributed by atoms with Gasteiger partial charge >= 0.3 is 0 Å². The molecule has 0 aliphatic carbocycles. The first-order chi connectivity index (χ1) is 8.79. The number of hydrogen-bond acceptors (Lipinski definition) is 6. The summed E-state index contributed by atoms with van der Waals surface area (Å²) >= 11 is 7.89. The van der Waals surface area contributed by atoms with Crippen LogP contribution in [0.5, 0.6) is 0 Å². The number of thioether (sulfide) groups is 1. The predicted octanol–water partition coefficient (Wildman–Crippen LogP) is 2.22. The zero-order valence-electron chi connectivity index (χ0n) is 9.35. The Kier molecular flexibility index (Phi) is 3.07. The monoisotopic (exact) mass is 279 g/mol. The number of rotatable bonds is 2. The molecular weight excluding hydrogens is 270 g/mol. The van der Waals surface area contributed by atoms with Gasteiger partial charge in [-0.25, -0.2) is 15.8 Å². The molecule has 7 heteroatoms. The number of nitrogens with zero attached hydrogens (tertiary/aromatic N) is 3. The molecule has 18 heavy (non-hydrogen) atoms. The third-order valence-corrected chi connectivity index (χ3v) is 3.96. The summed E-state index contributed by atoms with van der Waals surface area (Å²) in [5, 5.41) is 0.533. The second kappa shape index (κ2) is 4.72. The first-order valence-corrected chi connectivity index (χ1v) is 6.88. The molecule has 3 N–H and O–H groups in total. The minimum absolute atomic E-state index is 0.509. The molecule has 0 radical (unpaired) electrons. The molecule has 2 aromatic heterocycles. The summed E-state index contributed by atoms with van der Waals surface area (Å²) in [4.78, 5) is 13.1. The van der Waals surface area contributed by atoms with Crippen molar-refractivity contribution in [2.75, 3.05) is 5.43 Å².